The summed E-state index contributed by atoms with van der Waals surface area (Å²) in [5.41, 5.74) is 1.35. The number of carbonyl (C=O) groups is 1. The molecule has 2 heterocycles. The first-order valence-electron chi connectivity index (χ1n) is 8.35. The summed E-state index contributed by atoms with van der Waals surface area (Å²) in [6.07, 6.45) is 3.06. The SMILES string of the molecule is COc1ccc(CNc2cnc(C(=O)N3CCOCC3)cn2)cc1OC. The number of benzene rings is 1. The Kier molecular flexibility index (Phi) is 5.85. The average Bonchev–Trinajstić information content (AvgIpc) is 2.72. The monoisotopic (exact) mass is 358 g/mol. The van der Waals surface area contributed by atoms with Crippen molar-refractivity contribution in [1.29, 1.82) is 0 Å². The molecule has 0 radical (unpaired) electrons. The molecule has 1 aliphatic rings. The molecule has 1 fully saturated rings. The Balaban J connectivity index is 1.60. The zero-order valence-electron chi connectivity index (χ0n) is 14.9. The number of hydrogen-bond acceptors (Lipinski definition) is 7. The van der Waals surface area contributed by atoms with Crippen molar-refractivity contribution in [2.45, 2.75) is 6.54 Å². The molecule has 1 aromatic carbocycles. The van der Waals surface area contributed by atoms with Crippen molar-refractivity contribution >= 4 is 11.7 Å². The fourth-order valence-electron chi connectivity index (χ4n) is 2.64. The highest BCUT2D eigenvalue weighted by atomic mass is 16.5. The molecule has 26 heavy (non-hydrogen) atoms. The molecule has 1 aromatic heterocycles. The Morgan fingerprint density at radius 1 is 1.15 bits per heavy atom. The molecule has 8 heteroatoms. The number of methoxy groups -OCH3 is 2. The van der Waals surface area contributed by atoms with Crippen molar-refractivity contribution in [1.82, 2.24) is 14.9 Å². The number of morpholine rings is 1. The van der Waals surface area contributed by atoms with Crippen LogP contribution < -0.4 is 14.8 Å². The molecule has 1 amide bonds. The minimum absolute atomic E-state index is 0.118. The van der Waals surface area contributed by atoms with Crippen molar-refractivity contribution < 1.29 is 19.0 Å². The Labute approximate surface area is 152 Å². The lowest BCUT2D eigenvalue weighted by atomic mass is 10.2. The lowest BCUT2D eigenvalue weighted by molar-refractivity contribution is 0.0298. The normalized spacial score (nSPS) is 14.0. The van der Waals surface area contributed by atoms with Crippen LogP contribution in [0.4, 0.5) is 5.82 Å². The van der Waals surface area contributed by atoms with E-state index in [9.17, 15) is 4.79 Å². The van der Waals surface area contributed by atoms with Crippen LogP contribution in [0.5, 0.6) is 11.5 Å². The molecule has 0 atom stereocenters. The van der Waals surface area contributed by atoms with Gasteiger partial charge in [-0.1, -0.05) is 6.07 Å². The third-order valence-electron chi connectivity index (χ3n) is 4.09. The number of carbonyl (C=O) groups excluding carboxylic acids is 1. The number of hydrogen-bond donors (Lipinski definition) is 1. The average molecular weight is 358 g/mol. The van der Waals surface area contributed by atoms with E-state index in [0.29, 0.717) is 55.9 Å². The van der Waals surface area contributed by atoms with Crippen LogP contribution in [-0.2, 0) is 11.3 Å². The highest BCUT2D eigenvalue weighted by Crippen LogP contribution is 2.27. The van der Waals surface area contributed by atoms with E-state index in [1.807, 2.05) is 18.2 Å². The van der Waals surface area contributed by atoms with E-state index in [-0.39, 0.29) is 5.91 Å². The van der Waals surface area contributed by atoms with E-state index in [1.54, 1.807) is 25.3 Å². The summed E-state index contributed by atoms with van der Waals surface area (Å²) in [7, 11) is 3.20. The molecular weight excluding hydrogens is 336 g/mol. The molecule has 1 N–H and O–H groups in total. The quantitative estimate of drug-likeness (QED) is 0.839. The summed E-state index contributed by atoms with van der Waals surface area (Å²) in [4.78, 5) is 22.6. The van der Waals surface area contributed by atoms with Gasteiger partial charge in [0.15, 0.2) is 11.5 Å². The van der Waals surface area contributed by atoms with Crippen LogP contribution in [0.1, 0.15) is 16.1 Å². The van der Waals surface area contributed by atoms with Crippen LogP contribution in [0.15, 0.2) is 30.6 Å². The van der Waals surface area contributed by atoms with E-state index in [0.717, 1.165) is 5.56 Å². The summed E-state index contributed by atoms with van der Waals surface area (Å²) in [5, 5.41) is 3.18. The van der Waals surface area contributed by atoms with Gasteiger partial charge in [0.05, 0.1) is 39.8 Å². The van der Waals surface area contributed by atoms with Crippen molar-refractivity contribution in [2.75, 3.05) is 45.8 Å². The van der Waals surface area contributed by atoms with Crippen molar-refractivity contribution in [3.63, 3.8) is 0 Å². The van der Waals surface area contributed by atoms with Gasteiger partial charge in [-0.15, -0.1) is 0 Å². The van der Waals surface area contributed by atoms with E-state index in [1.165, 1.54) is 6.20 Å². The number of rotatable bonds is 6. The van der Waals surface area contributed by atoms with Gasteiger partial charge in [0.2, 0.25) is 0 Å². The van der Waals surface area contributed by atoms with Crippen molar-refractivity contribution in [3.8, 4) is 11.5 Å². The summed E-state index contributed by atoms with van der Waals surface area (Å²) in [6.45, 7) is 2.83. The third-order valence-corrected chi connectivity index (χ3v) is 4.09. The number of amides is 1. The van der Waals surface area contributed by atoms with Crippen LogP contribution in [-0.4, -0.2) is 61.3 Å². The molecule has 2 aromatic rings. The molecule has 0 saturated carbocycles. The fourth-order valence-corrected chi connectivity index (χ4v) is 2.64. The maximum Gasteiger partial charge on any atom is 0.274 e. The molecule has 0 unspecified atom stereocenters. The third kappa shape index (κ3) is 4.20. The molecule has 8 nitrogen and oxygen atoms in total. The van der Waals surface area contributed by atoms with Crippen LogP contribution in [0.3, 0.4) is 0 Å². The molecule has 0 spiro atoms. The second-order valence-corrected chi connectivity index (χ2v) is 5.73. The number of anilines is 1. The van der Waals surface area contributed by atoms with E-state index in [4.69, 9.17) is 14.2 Å². The van der Waals surface area contributed by atoms with Crippen molar-refractivity contribution in [3.05, 3.63) is 41.9 Å². The van der Waals surface area contributed by atoms with Gasteiger partial charge in [-0.2, -0.15) is 0 Å². The van der Waals surface area contributed by atoms with Crippen LogP contribution in [0.2, 0.25) is 0 Å². The standard InChI is InChI=1S/C18H22N4O4/c1-24-15-4-3-13(9-16(15)25-2)10-20-17-12-19-14(11-21-17)18(23)22-5-7-26-8-6-22/h3-4,9,11-12H,5-8,10H2,1-2H3,(H,20,21). The topological polar surface area (TPSA) is 85.8 Å². The van der Waals surface area contributed by atoms with E-state index >= 15 is 0 Å². The maximum atomic E-state index is 12.3. The lowest BCUT2D eigenvalue weighted by Crippen LogP contribution is -2.41. The van der Waals surface area contributed by atoms with Gasteiger partial charge in [0, 0.05) is 19.6 Å². The molecule has 138 valence electrons. The highest BCUT2D eigenvalue weighted by molar-refractivity contribution is 5.92. The smallest absolute Gasteiger partial charge is 0.274 e. The van der Waals surface area contributed by atoms with Gasteiger partial charge in [-0.05, 0) is 17.7 Å². The van der Waals surface area contributed by atoms with E-state index < -0.39 is 0 Å². The van der Waals surface area contributed by atoms with Gasteiger partial charge >= 0.3 is 0 Å². The first-order valence-corrected chi connectivity index (χ1v) is 8.35. The predicted octanol–water partition coefficient (Wildman–Crippen LogP) is 1.58. The Morgan fingerprint density at radius 2 is 1.92 bits per heavy atom. The van der Waals surface area contributed by atoms with Crippen molar-refractivity contribution in [2.24, 2.45) is 0 Å². The van der Waals surface area contributed by atoms with Gasteiger partial charge < -0.3 is 24.4 Å². The Bertz CT molecular complexity index is 745. The molecule has 1 aliphatic heterocycles. The Morgan fingerprint density at radius 3 is 2.58 bits per heavy atom. The predicted molar refractivity (Wildman–Crippen MR) is 95.6 cm³/mol. The minimum Gasteiger partial charge on any atom is -0.493 e. The van der Waals surface area contributed by atoms with Crippen LogP contribution in [0.25, 0.3) is 0 Å². The lowest BCUT2D eigenvalue weighted by Gasteiger charge is -2.26. The number of aromatic nitrogens is 2. The molecule has 1 saturated heterocycles. The van der Waals surface area contributed by atoms with Gasteiger partial charge in [-0.3, -0.25) is 4.79 Å². The minimum atomic E-state index is -0.118. The molecule has 0 bridgehead atoms. The summed E-state index contributed by atoms with van der Waals surface area (Å²) >= 11 is 0. The summed E-state index contributed by atoms with van der Waals surface area (Å²) < 4.78 is 15.8. The summed E-state index contributed by atoms with van der Waals surface area (Å²) in [6, 6.07) is 5.69. The maximum absolute atomic E-state index is 12.3. The summed E-state index contributed by atoms with van der Waals surface area (Å²) in [5.74, 6) is 1.83. The fraction of sp³-hybridized carbons (Fsp3) is 0.389. The first-order chi connectivity index (χ1) is 12.7. The van der Waals surface area contributed by atoms with Crippen LogP contribution in [0, 0.1) is 0 Å². The molecule has 0 aliphatic carbocycles. The van der Waals surface area contributed by atoms with Crippen LogP contribution >= 0.6 is 0 Å². The second-order valence-electron chi connectivity index (χ2n) is 5.73. The van der Waals surface area contributed by atoms with Gasteiger partial charge in [-0.25, -0.2) is 9.97 Å². The van der Waals surface area contributed by atoms with Gasteiger partial charge in [0.1, 0.15) is 11.5 Å². The Hall–Kier alpha value is -2.87. The largest absolute Gasteiger partial charge is 0.493 e. The first kappa shape index (κ1) is 17.9. The number of ether oxygens (including phenoxy) is 3. The zero-order chi connectivity index (χ0) is 18.4. The number of nitrogens with zero attached hydrogens (tertiary/aromatic N) is 3. The zero-order valence-corrected chi connectivity index (χ0v) is 14.9. The second kappa shape index (κ2) is 8.48. The number of nitrogens with one attached hydrogen (secondary N) is 1. The van der Waals surface area contributed by atoms with E-state index in [2.05, 4.69) is 15.3 Å². The van der Waals surface area contributed by atoms with Gasteiger partial charge in [0.25, 0.3) is 5.91 Å². The molecule has 3 rings (SSSR count). The molecular formula is C18H22N4O4. The highest BCUT2D eigenvalue weighted by Gasteiger charge is 2.19.